The van der Waals surface area contributed by atoms with Crippen molar-refractivity contribution in [3.05, 3.63) is 54.6 Å². The van der Waals surface area contributed by atoms with Crippen LogP contribution in [-0.4, -0.2) is 24.5 Å². The molecule has 1 aliphatic rings. The zero-order valence-corrected chi connectivity index (χ0v) is 17.7. The molecule has 0 spiro atoms. The Kier molecular flexibility index (Phi) is 12.2. The molecule has 0 radical (unpaired) electrons. The highest BCUT2D eigenvalue weighted by atomic mass is 15.1. The fourth-order valence-electron chi connectivity index (χ4n) is 2.51. The molecule has 0 saturated carbocycles. The fraction of sp³-hybridized carbons (Fsp3) is 0.583. The lowest BCUT2D eigenvalue weighted by molar-refractivity contribution is 0.245. The molecule has 1 nitrogen and oxygen atoms in total. The number of nitrogens with zero attached hydrogens (tertiary/aromatic N) is 1. The van der Waals surface area contributed by atoms with E-state index >= 15 is 0 Å². The van der Waals surface area contributed by atoms with Gasteiger partial charge in [-0.15, -0.1) is 13.2 Å². The van der Waals surface area contributed by atoms with Crippen molar-refractivity contribution in [3.63, 3.8) is 0 Å². The molecule has 1 heteroatoms. The molecule has 1 heterocycles. The number of unbranched alkanes of at least 4 members (excludes halogenated alkanes) is 1. The molecule has 2 rings (SSSR count). The third-order valence-electron chi connectivity index (χ3n) is 4.36. The largest absolute Gasteiger partial charge is 0.299 e. The average molecular weight is 344 g/mol. The molecule has 142 valence electrons. The number of hydrogen-bond acceptors (Lipinski definition) is 1. The quantitative estimate of drug-likeness (QED) is 0.526. The van der Waals surface area contributed by atoms with E-state index < -0.39 is 0 Å². The van der Waals surface area contributed by atoms with Crippen molar-refractivity contribution in [3.8, 4) is 0 Å². The highest BCUT2D eigenvalue weighted by Gasteiger charge is 2.16. The highest BCUT2D eigenvalue weighted by Crippen LogP contribution is 2.24. The van der Waals surface area contributed by atoms with Crippen LogP contribution in [0.25, 0.3) is 5.57 Å². The lowest BCUT2D eigenvalue weighted by Crippen LogP contribution is -2.31. The minimum absolute atomic E-state index is 0.445. The summed E-state index contributed by atoms with van der Waals surface area (Å²) in [5, 5.41) is 0. The zero-order chi connectivity index (χ0) is 19.3. The Morgan fingerprint density at radius 2 is 1.72 bits per heavy atom. The summed E-state index contributed by atoms with van der Waals surface area (Å²) in [6, 6.07) is 8.88. The van der Waals surface area contributed by atoms with E-state index in [9.17, 15) is 0 Å². The second kappa shape index (κ2) is 12.9. The van der Waals surface area contributed by atoms with Crippen LogP contribution >= 0.6 is 0 Å². The lowest BCUT2D eigenvalue weighted by atomic mass is 9.91. The molecule has 1 aromatic rings. The van der Waals surface area contributed by atoms with Crippen molar-refractivity contribution in [2.45, 2.75) is 67.2 Å². The van der Waals surface area contributed by atoms with Gasteiger partial charge in [-0.2, -0.15) is 0 Å². The second-order valence-electron chi connectivity index (χ2n) is 7.96. The van der Waals surface area contributed by atoms with Crippen LogP contribution < -0.4 is 0 Å². The molecule has 0 fully saturated rings. The molecule has 0 aliphatic carbocycles. The van der Waals surface area contributed by atoms with Gasteiger partial charge in [0.05, 0.1) is 0 Å². The Labute approximate surface area is 157 Å². The van der Waals surface area contributed by atoms with Gasteiger partial charge in [0.1, 0.15) is 0 Å². The van der Waals surface area contributed by atoms with Gasteiger partial charge in [-0.25, -0.2) is 0 Å². The van der Waals surface area contributed by atoms with Gasteiger partial charge in [0.25, 0.3) is 0 Å². The van der Waals surface area contributed by atoms with Gasteiger partial charge in [0.15, 0.2) is 0 Å². The summed E-state index contributed by atoms with van der Waals surface area (Å²) in [6.07, 6.45) is 7.52. The molecule has 0 amide bonds. The Hall–Kier alpha value is -1.34. The van der Waals surface area contributed by atoms with E-state index in [1.54, 1.807) is 0 Å². The summed E-state index contributed by atoms with van der Waals surface area (Å²) in [5.74, 6) is 0. The van der Waals surface area contributed by atoms with Crippen LogP contribution in [0.3, 0.4) is 0 Å². The van der Waals surface area contributed by atoms with E-state index in [0.717, 1.165) is 6.54 Å². The molecule has 25 heavy (non-hydrogen) atoms. The van der Waals surface area contributed by atoms with E-state index in [1.165, 1.54) is 55.5 Å². The summed E-state index contributed by atoms with van der Waals surface area (Å²) in [4.78, 5) is 2.57. The molecule has 0 saturated heterocycles. The van der Waals surface area contributed by atoms with E-state index in [0.29, 0.717) is 5.41 Å². The summed E-state index contributed by atoms with van der Waals surface area (Å²) in [7, 11) is 0. The molecule has 0 aromatic heterocycles. The molecular weight excluding hydrogens is 302 g/mol. The minimum Gasteiger partial charge on any atom is -0.299 e. The second-order valence-corrected chi connectivity index (χ2v) is 7.96. The van der Waals surface area contributed by atoms with Crippen molar-refractivity contribution in [2.75, 3.05) is 19.6 Å². The average Bonchev–Trinajstić information content (AvgIpc) is 2.62. The van der Waals surface area contributed by atoms with Gasteiger partial charge in [0, 0.05) is 13.1 Å². The van der Waals surface area contributed by atoms with Crippen molar-refractivity contribution in [1.82, 2.24) is 4.90 Å². The van der Waals surface area contributed by atoms with Crippen molar-refractivity contribution in [2.24, 2.45) is 5.41 Å². The van der Waals surface area contributed by atoms with Crippen molar-refractivity contribution in [1.29, 1.82) is 0 Å². The van der Waals surface area contributed by atoms with E-state index in [1.807, 2.05) is 0 Å². The Bertz CT molecular complexity index is 491. The summed E-state index contributed by atoms with van der Waals surface area (Å²) in [5.41, 5.74) is 4.74. The molecule has 0 bridgehead atoms. The third kappa shape index (κ3) is 11.0. The fourth-order valence-corrected chi connectivity index (χ4v) is 2.51. The van der Waals surface area contributed by atoms with Gasteiger partial charge < -0.3 is 0 Å². The van der Waals surface area contributed by atoms with Gasteiger partial charge in [-0.3, -0.25) is 4.90 Å². The number of hydrogen-bond donors (Lipinski definition) is 0. The molecule has 1 aliphatic heterocycles. The number of benzene rings is 1. The van der Waals surface area contributed by atoms with Crippen LogP contribution in [0.1, 0.15) is 71.4 Å². The van der Waals surface area contributed by atoms with Crippen LogP contribution in [0.15, 0.2) is 43.5 Å². The molecule has 1 aromatic carbocycles. The van der Waals surface area contributed by atoms with Crippen molar-refractivity contribution >= 4 is 5.57 Å². The summed E-state index contributed by atoms with van der Waals surface area (Å²) in [6.45, 7) is 23.0. The van der Waals surface area contributed by atoms with Gasteiger partial charge in [-0.1, -0.05) is 83.4 Å². The topological polar surface area (TPSA) is 3.24 Å². The molecule has 0 atom stereocenters. The Balaban J connectivity index is 0.000000845. The van der Waals surface area contributed by atoms with Crippen molar-refractivity contribution < 1.29 is 0 Å². The standard InChI is InChI=1S/C18H27N.C4H10.C2H4/c1-15-6-5-7-17(14-15)16-8-11-19(12-9-16)13-10-18(2,3)4;1-3-4-2;1-2/h5-8,14H,9-13H2,1-4H3;3-4H2,1-2H3;1-2H2. The maximum Gasteiger partial charge on any atom is 0.0169 e. The highest BCUT2D eigenvalue weighted by molar-refractivity contribution is 5.67. The predicted octanol–water partition coefficient (Wildman–Crippen LogP) is 7.13. The first-order valence-corrected chi connectivity index (χ1v) is 9.84. The van der Waals surface area contributed by atoms with Crippen LogP contribution in [-0.2, 0) is 0 Å². The van der Waals surface area contributed by atoms with Crippen LogP contribution in [0, 0.1) is 12.3 Å². The lowest BCUT2D eigenvalue weighted by Gasteiger charge is -2.29. The monoisotopic (exact) mass is 343 g/mol. The molecular formula is C24H41N. The van der Waals surface area contributed by atoms with Crippen LogP contribution in [0.2, 0.25) is 0 Å². The van der Waals surface area contributed by atoms with Crippen LogP contribution in [0.5, 0.6) is 0 Å². The summed E-state index contributed by atoms with van der Waals surface area (Å²) >= 11 is 0. The molecule has 0 unspecified atom stereocenters. The smallest absolute Gasteiger partial charge is 0.0169 e. The van der Waals surface area contributed by atoms with E-state index in [4.69, 9.17) is 0 Å². The first-order valence-electron chi connectivity index (χ1n) is 9.84. The Morgan fingerprint density at radius 3 is 2.16 bits per heavy atom. The maximum absolute atomic E-state index is 3.00. The maximum atomic E-state index is 3.00. The van der Waals surface area contributed by atoms with Crippen LogP contribution in [0.4, 0.5) is 0 Å². The summed E-state index contributed by atoms with van der Waals surface area (Å²) < 4.78 is 0. The van der Waals surface area contributed by atoms with Gasteiger partial charge in [0.2, 0.25) is 0 Å². The third-order valence-corrected chi connectivity index (χ3v) is 4.36. The first-order chi connectivity index (χ1) is 11.9. The van der Waals surface area contributed by atoms with Gasteiger partial charge >= 0.3 is 0 Å². The molecule has 0 N–H and O–H groups in total. The Morgan fingerprint density at radius 1 is 1.08 bits per heavy atom. The number of aryl methyl sites for hydroxylation is 1. The van der Waals surface area contributed by atoms with E-state index in [2.05, 4.69) is 89.9 Å². The minimum atomic E-state index is 0.445. The number of rotatable bonds is 4. The van der Waals surface area contributed by atoms with Gasteiger partial charge in [-0.05, 0) is 42.9 Å². The first kappa shape index (κ1) is 23.7. The normalized spacial score (nSPS) is 14.6. The van der Waals surface area contributed by atoms with E-state index in [-0.39, 0.29) is 0 Å². The predicted molar refractivity (Wildman–Crippen MR) is 116 cm³/mol. The zero-order valence-electron chi connectivity index (χ0n) is 17.7. The SMILES string of the molecule is C=C.CCCC.Cc1cccc(C2=CCN(CCC(C)(C)C)CC2)c1.